The molecule has 0 aromatic carbocycles. The van der Waals surface area contributed by atoms with Crippen molar-refractivity contribution in [3.05, 3.63) is 22.4 Å². The maximum absolute atomic E-state index is 11.8. The molecule has 0 aliphatic heterocycles. The minimum Gasteiger partial charge on any atom is -0.480 e. The lowest BCUT2D eigenvalue weighted by molar-refractivity contribution is -0.139. The number of hydrogen-bond donors (Lipinski definition) is 2. The molecule has 0 saturated carbocycles. The molecule has 0 fully saturated rings. The van der Waals surface area contributed by atoms with Crippen LogP contribution in [-0.4, -0.2) is 38.0 Å². The van der Waals surface area contributed by atoms with Crippen LogP contribution in [0.2, 0.25) is 0 Å². The van der Waals surface area contributed by atoms with Gasteiger partial charge in [0.2, 0.25) is 10.0 Å². The van der Waals surface area contributed by atoms with E-state index in [9.17, 15) is 13.2 Å². The first-order valence-corrected chi connectivity index (χ1v) is 8.23. The van der Waals surface area contributed by atoms with Gasteiger partial charge in [-0.15, -0.1) is 11.3 Å². The summed E-state index contributed by atoms with van der Waals surface area (Å²) >= 11 is 1.19. The fraction of sp³-hybridized carbons (Fsp3) is 0.545. The van der Waals surface area contributed by atoms with Crippen molar-refractivity contribution in [2.45, 2.75) is 26.0 Å². The fourth-order valence-electron chi connectivity index (χ4n) is 1.32. The summed E-state index contributed by atoms with van der Waals surface area (Å²) in [4.78, 5) is 11.6. The maximum atomic E-state index is 11.8. The highest BCUT2D eigenvalue weighted by atomic mass is 32.2. The van der Waals surface area contributed by atoms with Crippen LogP contribution in [0.4, 0.5) is 0 Å². The third-order valence-corrected chi connectivity index (χ3v) is 4.41. The number of sulfonamides is 1. The SMILES string of the molecule is CC(C)OCCS(=O)(=O)NC(C(=O)O)c1cccs1. The van der Waals surface area contributed by atoms with Crippen molar-refractivity contribution >= 4 is 27.3 Å². The minimum absolute atomic E-state index is 0.0315. The number of carboxylic acids is 1. The predicted molar refractivity (Wildman–Crippen MR) is 72.7 cm³/mol. The molecule has 1 aromatic heterocycles. The number of carboxylic acid groups (broad SMARTS) is 1. The van der Waals surface area contributed by atoms with Gasteiger partial charge >= 0.3 is 5.97 Å². The zero-order valence-electron chi connectivity index (χ0n) is 10.7. The standard InChI is InChI=1S/C11H17NO5S2/c1-8(2)17-5-7-19(15,16)12-10(11(13)14)9-4-3-6-18-9/h3-4,6,8,10,12H,5,7H2,1-2H3,(H,13,14). The average molecular weight is 307 g/mol. The number of hydrogen-bond acceptors (Lipinski definition) is 5. The molecule has 1 atom stereocenters. The summed E-state index contributed by atoms with van der Waals surface area (Å²) in [5, 5.41) is 10.8. The van der Waals surface area contributed by atoms with Gasteiger partial charge in [-0.05, 0) is 25.3 Å². The first kappa shape index (κ1) is 16.1. The number of carbonyl (C=O) groups is 1. The van der Waals surface area contributed by atoms with Crippen molar-refractivity contribution in [2.75, 3.05) is 12.4 Å². The molecule has 0 bridgehead atoms. The highest BCUT2D eigenvalue weighted by molar-refractivity contribution is 7.89. The van der Waals surface area contributed by atoms with Crippen molar-refractivity contribution in [1.29, 1.82) is 0 Å². The van der Waals surface area contributed by atoms with Gasteiger partial charge in [-0.25, -0.2) is 8.42 Å². The summed E-state index contributed by atoms with van der Waals surface area (Å²) in [5.74, 6) is -1.49. The normalized spacial score (nSPS) is 13.6. The van der Waals surface area contributed by atoms with E-state index in [1.807, 2.05) is 0 Å². The molecule has 0 saturated heterocycles. The molecule has 0 aliphatic carbocycles. The summed E-state index contributed by atoms with van der Waals surface area (Å²) < 4.78 is 30.9. The summed E-state index contributed by atoms with van der Waals surface area (Å²) in [5.41, 5.74) is 0. The molecule has 0 spiro atoms. The Morgan fingerprint density at radius 2 is 2.21 bits per heavy atom. The highest BCUT2D eigenvalue weighted by Crippen LogP contribution is 2.20. The van der Waals surface area contributed by atoms with Gasteiger partial charge in [0.05, 0.1) is 18.5 Å². The van der Waals surface area contributed by atoms with E-state index in [0.29, 0.717) is 4.88 Å². The maximum Gasteiger partial charge on any atom is 0.327 e. The number of aliphatic carboxylic acids is 1. The molecule has 1 aromatic rings. The zero-order valence-corrected chi connectivity index (χ0v) is 12.3. The van der Waals surface area contributed by atoms with Crippen LogP contribution in [0.15, 0.2) is 17.5 Å². The summed E-state index contributed by atoms with van der Waals surface area (Å²) in [6, 6.07) is 2.01. The molecular formula is C11H17NO5S2. The molecule has 1 rings (SSSR count). The fourth-order valence-corrected chi connectivity index (χ4v) is 3.18. The van der Waals surface area contributed by atoms with Crippen molar-refractivity contribution in [1.82, 2.24) is 4.72 Å². The highest BCUT2D eigenvalue weighted by Gasteiger charge is 2.26. The van der Waals surface area contributed by atoms with Gasteiger partial charge in [0, 0.05) is 4.88 Å². The Hall–Kier alpha value is -0.960. The number of ether oxygens (including phenoxy) is 1. The van der Waals surface area contributed by atoms with Crippen LogP contribution in [0.1, 0.15) is 24.8 Å². The van der Waals surface area contributed by atoms with Gasteiger partial charge in [-0.2, -0.15) is 4.72 Å². The monoisotopic (exact) mass is 307 g/mol. The molecular weight excluding hydrogens is 290 g/mol. The number of rotatable bonds is 8. The number of thiophene rings is 1. The Labute approximate surface area is 116 Å². The second kappa shape index (κ2) is 6.99. The molecule has 1 unspecified atom stereocenters. The predicted octanol–water partition coefficient (Wildman–Crippen LogP) is 1.22. The first-order valence-electron chi connectivity index (χ1n) is 5.69. The topological polar surface area (TPSA) is 92.7 Å². The molecule has 6 nitrogen and oxygen atoms in total. The Kier molecular flexibility index (Phi) is 5.92. The smallest absolute Gasteiger partial charge is 0.327 e. The third-order valence-electron chi connectivity index (χ3n) is 2.18. The van der Waals surface area contributed by atoms with Crippen LogP contribution in [-0.2, 0) is 19.6 Å². The van der Waals surface area contributed by atoms with E-state index >= 15 is 0 Å². The van der Waals surface area contributed by atoms with E-state index in [0.717, 1.165) is 0 Å². The van der Waals surface area contributed by atoms with E-state index in [1.54, 1.807) is 31.4 Å². The van der Waals surface area contributed by atoms with Crippen molar-refractivity contribution in [3.8, 4) is 0 Å². The Morgan fingerprint density at radius 3 is 2.68 bits per heavy atom. The lowest BCUT2D eigenvalue weighted by atomic mass is 10.3. The van der Waals surface area contributed by atoms with Gasteiger partial charge in [0.25, 0.3) is 0 Å². The second-order valence-corrected chi connectivity index (χ2v) is 7.00. The molecule has 108 valence electrons. The van der Waals surface area contributed by atoms with E-state index in [-0.39, 0.29) is 18.5 Å². The van der Waals surface area contributed by atoms with Crippen LogP contribution >= 0.6 is 11.3 Å². The van der Waals surface area contributed by atoms with Crippen LogP contribution in [0.5, 0.6) is 0 Å². The van der Waals surface area contributed by atoms with Gasteiger partial charge in [-0.1, -0.05) is 6.07 Å². The van der Waals surface area contributed by atoms with Gasteiger partial charge < -0.3 is 9.84 Å². The van der Waals surface area contributed by atoms with E-state index < -0.39 is 22.0 Å². The van der Waals surface area contributed by atoms with E-state index in [4.69, 9.17) is 9.84 Å². The van der Waals surface area contributed by atoms with Crippen LogP contribution in [0.3, 0.4) is 0 Å². The van der Waals surface area contributed by atoms with Gasteiger partial charge in [0.1, 0.15) is 0 Å². The summed E-state index contributed by atoms with van der Waals surface area (Å²) in [6.07, 6.45) is -0.0669. The average Bonchev–Trinajstić information content (AvgIpc) is 2.77. The Bertz CT molecular complexity index is 495. The lowest BCUT2D eigenvalue weighted by Gasteiger charge is -2.14. The Balaban J connectivity index is 2.66. The Morgan fingerprint density at radius 1 is 1.53 bits per heavy atom. The first-order chi connectivity index (χ1) is 8.82. The molecule has 8 heteroatoms. The lowest BCUT2D eigenvalue weighted by Crippen LogP contribution is -2.36. The van der Waals surface area contributed by atoms with Crippen molar-refractivity contribution < 1.29 is 23.1 Å². The summed E-state index contributed by atoms with van der Waals surface area (Å²) in [7, 11) is -3.70. The second-order valence-electron chi connectivity index (χ2n) is 4.14. The molecule has 0 amide bonds. The van der Waals surface area contributed by atoms with Crippen LogP contribution in [0, 0.1) is 0 Å². The molecule has 1 heterocycles. The van der Waals surface area contributed by atoms with Crippen LogP contribution in [0.25, 0.3) is 0 Å². The van der Waals surface area contributed by atoms with Crippen LogP contribution < -0.4 is 4.72 Å². The van der Waals surface area contributed by atoms with Gasteiger partial charge in [0.15, 0.2) is 6.04 Å². The molecule has 2 N–H and O–H groups in total. The van der Waals surface area contributed by atoms with Crippen molar-refractivity contribution in [2.24, 2.45) is 0 Å². The number of nitrogens with one attached hydrogen (secondary N) is 1. The minimum atomic E-state index is -3.70. The summed E-state index contributed by atoms with van der Waals surface area (Å²) in [6.45, 7) is 3.63. The molecule has 0 radical (unpaired) electrons. The largest absolute Gasteiger partial charge is 0.480 e. The van der Waals surface area contributed by atoms with E-state index in [1.165, 1.54) is 11.3 Å². The van der Waals surface area contributed by atoms with Gasteiger partial charge in [-0.3, -0.25) is 4.79 Å². The molecule has 19 heavy (non-hydrogen) atoms. The quantitative estimate of drug-likeness (QED) is 0.753. The van der Waals surface area contributed by atoms with Crippen molar-refractivity contribution in [3.63, 3.8) is 0 Å². The van der Waals surface area contributed by atoms with E-state index in [2.05, 4.69) is 4.72 Å². The third kappa shape index (κ3) is 5.68. The molecule has 0 aliphatic rings. The zero-order chi connectivity index (χ0) is 14.5.